The zero-order valence-corrected chi connectivity index (χ0v) is 9.44. The number of amides is 2. The number of carbonyl (C=O) groups excluding carboxylic acids is 2. The van der Waals surface area contributed by atoms with Crippen molar-refractivity contribution in [2.75, 3.05) is 0 Å². The van der Waals surface area contributed by atoms with Crippen LogP contribution in [0, 0.1) is 6.92 Å². The summed E-state index contributed by atoms with van der Waals surface area (Å²) < 4.78 is 0. The minimum Gasteiger partial charge on any atom is -0.278 e. The summed E-state index contributed by atoms with van der Waals surface area (Å²) in [5.74, 6) is -1.11. The fourth-order valence-electron chi connectivity index (χ4n) is 2.01. The van der Waals surface area contributed by atoms with Gasteiger partial charge < -0.3 is 0 Å². The topological polar surface area (TPSA) is 57.6 Å². The molecule has 0 aromatic heterocycles. The van der Waals surface area contributed by atoms with E-state index in [4.69, 9.17) is 0 Å². The maximum Gasteiger partial charge on any atom is 0.285 e. The van der Waals surface area contributed by atoms with Crippen LogP contribution in [0.1, 0.15) is 51.6 Å². The average Bonchev–Trinajstić information content (AvgIpc) is 2.45. The molecule has 4 nitrogen and oxygen atoms in total. The molecule has 1 aromatic carbocycles. The number of hydroxylamine groups is 2. The molecule has 1 aromatic rings. The molecule has 4 heteroatoms. The molecule has 0 spiro atoms. The van der Waals surface area contributed by atoms with Crippen molar-refractivity contribution in [1.29, 1.82) is 0 Å². The molecular formula is C12H13NO3. The number of hydrogen-bond acceptors (Lipinski definition) is 3. The first-order valence-corrected chi connectivity index (χ1v) is 5.16. The summed E-state index contributed by atoms with van der Waals surface area (Å²) in [5, 5.41) is 9.55. The zero-order valence-electron chi connectivity index (χ0n) is 9.44. The van der Waals surface area contributed by atoms with Gasteiger partial charge in [0.1, 0.15) is 0 Å². The van der Waals surface area contributed by atoms with Crippen molar-refractivity contribution in [3.8, 4) is 0 Å². The number of nitrogens with zero attached hydrogens (tertiary/aromatic N) is 1. The number of aryl methyl sites for hydroxylation is 1. The highest BCUT2D eigenvalue weighted by atomic mass is 16.5. The molecule has 0 unspecified atom stereocenters. The van der Waals surface area contributed by atoms with Crippen molar-refractivity contribution in [3.05, 3.63) is 34.4 Å². The van der Waals surface area contributed by atoms with Crippen LogP contribution in [0.25, 0.3) is 0 Å². The van der Waals surface area contributed by atoms with Gasteiger partial charge in [0.05, 0.1) is 11.1 Å². The zero-order chi connectivity index (χ0) is 12.0. The van der Waals surface area contributed by atoms with E-state index in [2.05, 4.69) is 0 Å². The summed E-state index contributed by atoms with van der Waals surface area (Å²) in [6, 6.07) is 3.64. The maximum atomic E-state index is 11.7. The summed E-state index contributed by atoms with van der Waals surface area (Å²) in [4.78, 5) is 23.4. The van der Waals surface area contributed by atoms with Gasteiger partial charge in [0.15, 0.2) is 0 Å². The van der Waals surface area contributed by atoms with Crippen LogP contribution in [0.5, 0.6) is 0 Å². The number of carbonyl (C=O) groups is 2. The fraction of sp³-hybridized carbons (Fsp3) is 0.333. The molecule has 0 radical (unpaired) electrons. The van der Waals surface area contributed by atoms with E-state index >= 15 is 0 Å². The minimum absolute atomic E-state index is 0.137. The number of benzene rings is 1. The second kappa shape index (κ2) is 3.42. The Morgan fingerprint density at radius 3 is 2.25 bits per heavy atom. The molecule has 0 fully saturated rings. The smallest absolute Gasteiger partial charge is 0.278 e. The van der Waals surface area contributed by atoms with Crippen molar-refractivity contribution in [2.24, 2.45) is 0 Å². The summed E-state index contributed by atoms with van der Waals surface area (Å²) >= 11 is 0. The lowest BCUT2D eigenvalue weighted by Gasteiger charge is -2.10. The molecular weight excluding hydrogens is 206 g/mol. The molecule has 0 aliphatic carbocycles. The third-order valence-electron chi connectivity index (χ3n) is 2.88. The SMILES string of the molecule is Cc1ccc(C(C)C)c2c1C(=O)N(O)C2=O. The number of imide groups is 1. The first-order valence-electron chi connectivity index (χ1n) is 5.16. The lowest BCUT2D eigenvalue weighted by atomic mass is 9.92. The van der Waals surface area contributed by atoms with Crippen LogP contribution in [0.3, 0.4) is 0 Å². The summed E-state index contributed by atoms with van der Waals surface area (Å²) in [5.41, 5.74) is 2.20. The van der Waals surface area contributed by atoms with Crippen molar-refractivity contribution in [2.45, 2.75) is 26.7 Å². The van der Waals surface area contributed by atoms with Crippen LogP contribution < -0.4 is 0 Å². The highest BCUT2D eigenvalue weighted by Gasteiger charge is 2.38. The van der Waals surface area contributed by atoms with Gasteiger partial charge >= 0.3 is 0 Å². The van der Waals surface area contributed by atoms with Gasteiger partial charge in [-0.05, 0) is 24.0 Å². The first kappa shape index (κ1) is 10.8. The van der Waals surface area contributed by atoms with Crippen LogP contribution in [0.4, 0.5) is 0 Å². The maximum absolute atomic E-state index is 11.7. The Morgan fingerprint density at radius 2 is 1.69 bits per heavy atom. The van der Waals surface area contributed by atoms with E-state index < -0.39 is 11.8 Å². The number of fused-ring (bicyclic) bond motifs is 1. The fourth-order valence-corrected chi connectivity index (χ4v) is 2.01. The third kappa shape index (κ3) is 1.27. The standard InChI is InChI=1S/C12H13NO3/c1-6(2)8-5-4-7(3)9-10(8)12(15)13(16)11(9)14/h4-6,16H,1-3H3. The normalized spacial score (nSPS) is 14.9. The van der Waals surface area contributed by atoms with Crippen LogP contribution in [0.2, 0.25) is 0 Å². The predicted octanol–water partition coefficient (Wildman–Crippen LogP) is 2.10. The summed E-state index contributed by atoms with van der Waals surface area (Å²) in [7, 11) is 0. The van der Waals surface area contributed by atoms with Crippen molar-refractivity contribution in [3.63, 3.8) is 0 Å². The minimum atomic E-state index is -0.625. The molecule has 1 aliphatic heterocycles. The summed E-state index contributed by atoms with van der Waals surface area (Å²) in [6.45, 7) is 5.65. The van der Waals surface area contributed by atoms with E-state index in [-0.39, 0.29) is 11.0 Å². The molecule has 0 bridgehead atoms. The Hall–Kier alpha value is -1.68. The van der Waals surface area contributed by atoms with Gasteiger partial charge in [-0.15, -0.1) is 5.06 Å². The van der Waals surface area contributed by atoms with E-state index in [0.29, 0.717) is 16.7 Å². The van der Waals surface area contributed by atoms with Crippen LogP contribution in [0.15, 0.2) is 12.1 Å². The second-order valence-electron chi connectivity index (χ2n) is 4.30. The molecule has 0 saturated carbocycles. The molecule has 1 N–H and O–H groups in total. The van der Waals surface area contributed by atoms with Crippen molar-refractivity contribution >= 4 is 11.8 Å². The van der Waals surface area contributed by atoms with E-state index in [1.807, 2.05) is 19.9 Å². The molecule has 2 rings (SSSR count). The quantitative estimate of drug-likeness (QED) is 0.581. The van der Waals surface area contributed by atoms with E-state index in [1.54, 1.807) is 13.0 Å². The number of rotatable bonds is 1. The average molecular weight is 219 g/mol. The Morgan fingerprint density at radius 1 is 1.12 bits per heavy atom. The molecule has 84 valence electrons. The van der Waals surface area contributed by atoms with Crippen molar-refractivity contribution in [1.82, 2.24) is 5.06 Å². The van der Waals surface area contributed by atoms with E-state index in [9.17, 15) is 14.8 Å². The van der Waals surface area contributed by atoms with Gasteiger partial charge in [0.2, 0.25) is 0 Å². The lowest BCUT2D eigenvalue weighted by molar-refractivity contribution is -0.0327. The molecule has 0 atom stereocenters. The van der Waals surface area contributed by atoms with Gasteiger partial charge in [-0.25, -0.2) is 0 Å². The number of hydrogen-bond donors (Lipinski definition) is 1. The monoisotopic (exact) mass is 219 g/mol. The van der Waals surface area contributed by atoms with Gasteiger partial charge in [-0.2, -0.15) is 0 Å². The predicted molar refractivity (Wildman–Crippen MR) is 57.6 cm³/mol. The largest absolute Gasteiger partial charge is 0.285 e. The highest BCUT2D eigenvalue weighted by Crippen LogP contribution is 2.31. The van der Waals surface area contributed by atoms with Crippen LogP contribution in [-0.4, -0.2) is 22.1 Å². The second-order valence-corrected chi connectivity index (χ2v) is 4.30. The highest BCUT2D eigenvalue weighted by molar-refractivity contribution is 6.21. The molecule has 0 saturated heterocycles. The van der Waals surface area contributed by atoms with Gasteiger partial charge in [0, 0.05) is 0 Å². The molecule has 2 amide bonds. The van der Waals surface area contributed by atoms with Gasteiger partial charge in [-0.1, -0.05) is 26.0 Å². The van der Waals surface area contributed by atoms with Gasteiger partial charge in [-0.3, -0.25) is 14.8 Å². The van der Waals surface area contributed by atoms with Crippen molar-refractivity contribution < 1.29 is 14.8 Å². The molecule has 1 heterocycles. The molecule has 1 aliphatic rings. The van der Waals surface area contributed by atoms with E-state index in [0.717, 1.165) is 5.56 Å². The van der Waals surface area contributed by atoms with Crippen LogP contribution in [-0.2, 0) is 0 Å². The Balaban J connectivity index is 2.77. The third-order valence-corrected chi connectivity index (χ3v) is 2.88. The first-order chi connectivity index (χ1) is 7.45. The van der Waals surface area contributed by atoms with Crippen LogP contribution >= 0.6 is 0 Å². The molecule has 16 heavy (non-hydrogen) atoms. The van der Waals surface area contributed by atoms with E-state index in [1.165, 1.54) is 0 Å². The Kier molecular flexibility index (Phi) is 2.31. The summed E-state index contributed by atoms with van der Waals surface area (Å²) in [6.07, 6.45) is 0. The Labute approximate surface area is 93.4 Å². The lowest BCUT2D eigenvalue weighted by Crippen LogP contribution is -2.25. The van der Waals surface area contributed by atoms with Gasteiger partial charge in [0.25, 0.3) is 11.8 Å². The Bertz CT molecular complexity index is 491.